The highest BCUT2D eigenvalue weighted by Crippen LogP contribution is 2.30. The molecular weight excluding hydrogens is 294 g/mol. The molecule has 0 atom stereocenters. The van der Waals surface area contributed by atoms with Gasteiger partial charge in [0.25, 0.3) is 5.91 Å². The average molecular weight is 321 g/mol. The van der Waals surface area contributed by atoms with Crippen LogP contribution in [0.2, 0.25) is 0 Å². The lowest BCUT2D eigenvalue weighted by molar-refractivity contribution is -0.149. The third-order valence-electron chi connectivity index (χ3n) is 4.52. The lowest BCUT2D eigenvalue weighted by Gasteiger charge is -2.35. The summed E-state index contributed by atoms with van der Waals surface area (Å²) in [5.41, 5.74) is 0.266. The summed E-state index contributed by atoms with van der Waals surface area (Å²) in [7, 11) is 3.11. The van der Waals surface area contributed by atoms with Crippen molar-refractivity contribution in [3.63, 3.8) is 0 Å². The second-order valence-corrected chi connectivity index (χ2v) is 7.38. The topological polar surface area (TPSA) is 73.2 Å². The Morgan fingerprint density at radius 1 is 1.26 bits per heavy atom. The summed E-state index contributed by atoms with van der Waals surface area (Å²) in [4.78, 5) is 25.0. The number of hydrogen-bond donors (Lipinski definition) is 1. The number of esters is 1. The van der Waals surface area contributed by atoms with Crippen LogP contribution in [0.4, 0.5) is 0 Å². The van der Waals surface area contributed by atoms with Crippen molar-refractivity contribution in [3.05, 3.63) is 17.5 Å². The van der Waals surface area contributed by atoms with Crippen molar-refractivity contribution in [3.8, 4) is 0 Å². The Balaban J connectivity index is 2.26. The van der Waals surface area contributed by atoms with Crippen molar-refractivity contribution in [2.75, 3.05) is 7.11 Å². The number of amides is 1. The van der Waals surface area contributed by atoms with Crippen LogP contribution >= 0.6 is 0 Å². The van der Waals surface area contributed by atoms with E-state index in [1.165, 1.54) is 7.11 Å². The van der Waals surface area contributed by atoms with Crippen molar-refractivity contribution in [1.82, 2.24) is 15.1 Å². The molecular formula is C17H27N3O3. The number of methoxy groups -OCH3 is 1. The van der Waals surface area contributed by atoms with Gasteiger partial charge in [-0.05, 0) is 18.9 Å². The minimum absolute atomic E-state index is 0.138. The van der Waals surface area contributed by atoms with Crippen molar-refractivity contribution in [2.45, 2.75) is 63.8 Å². The van der Waals surface area contributed by atoms with Crippen LogP contribution in [0.15, 0.2) is 6.07 Å². The predicted octanol–water partition coefficient (Wildman–Crippen LogP) is 2.32. The van der Waals surface area contributed by atoms with Crippen LogP contribution in [0, 0.1) is 0 Å². The number of ether oxygens (including phenoxy) is 1. The summed E-state index contributed by atoms with van der Waals surface area (Å²) in [6, 6.07) is 1.79. The first kappa shape index (κ1) is 17.5. The first-order valence-electron chi connectivity index (χ1n) is 8.15. The molecule has 0 unspecified atom stereocenters. The molecule has 6 nitrogen and oxygen atoms in total. The molecule has 6 heteroatoms. The fourth-order valence-corrected chi connectivity index (χ4v) is 3.06. The Hall–Kier alpha value is -1.85. The molecule has 1 saturated carbocycles. The molecule has 0 spiro atoms. The summed E-state index contributed by atoms with van der Waals surface area (Å²) < 4.78 is 6.52. The molecule has 2 rings (SSSR count). The average Bonchev–Trinajstić information content (AvgIpc) is 2.89. The number of rotatable bonds is 3. The lowest BCUT2D eigenvalue weighted by atomic mass is 9.81. The Kier molecular flexibility index (Phi) is 4.82. The summed E-state index contributed by atoms with van der Waals surface area (Å²) in [5.74, 6) is -0.633. The van der Waals surface area contributed by atoms with E-state index in [0.29, 0.717) is 18.5 Å². The summed E-state index contributed by atoms with van der Waals surface area (Å²) in [5, 5.41) is 7.35. The van der Waals surface area contributed by atoms with Gasteiger partial charge in [0.15, 0.2) is 0 Å². The Morgan fingerprint density at radius 3 is 2.35 bits per heavy atom. The van der Waals surface area contributed by atoms with E-state index in [-0.39, 0.29) is 17.3 Å². The molecule has 1 aliphatic rings. The minimum atomic E-state index is -0.906. The molecule has 0 bridgehead atoms. The van der Waals surface area contributed by atoms with E-state index in [1.54, 1.807) is 17.8 Å². The van der Waals surface area contributed by atoms with E-state index in [2.05, 4.69) is 10.4 Å². The summed E-state index contributed by atoms with van der Waals surface area (Å²) in [6.07, 6.45) is 4.14. The maximum absolute atomic E-state index is 12.7. The number of carbonyl (C=O) groups excluding carboxylic acids is 2. The molecule has 1 amide bonds. The maximum Gasteiger partial charge on any atom is 0.331 e. The first-order valence-corrected chi connectivity index (χ1v) is 8.15. The van der Waals surface area contributed by atoms with Gasteiger partial charge in [0.2, 0.25) is 0 Å². The van der Waals surface area contributed by atoms with E-state index in [4.69, 9.17) is 4.74 Å². The van der Waals surface area contributed by atoms with Crippen LogP contribution in [0.1, 0.15) is 69.1 Å². The molecule has 0 aromatic carbocycles. The van der Waals surface area contributed by atoms with E-state index in [9.17, 15) is 9.59 Å². The van der Waals surface area contributed by atoms with E-state index in [1.807, 2.05) is 20.8 Å². The zero-order valence-corrected chi connectivity index (χ0v) is 14.7. The fourth-order valence-electron chi connectivity index (χ4n) is 3.06. The Labute approximate surface area is 137 Å². The van der Waals surface area contributed by atoms with Gasteiger partial charge in [-0.2, -0.15) is 5.10 Å². The molecule has 1 heterocycles. The third-order valence-corrected chi connectivity index (χ3v) is 4.52. The number of carbonyl (C=O) groups is 2. The number of nitrogens with one attached hydrogen (secondary N) is 1. The number of aryl methyl sites for hydroxylation is 1. The zero-order chi connectivity index (χ0) is 17.3. The van der Waals surface area contributed by atoms with Gasteiger partial charge in [-0.25, -0.2) is 4.79 Å². The van der Waals surface area contributed by atoms with Crippen molar-refractivity contribution >= 4 is 11.9 Å². The van der Waals surface area contributed by atoms with Crippen LogP contribution in [-0.4, -0.2) is 34.3 Å². The van der Waals surface area contributed by atoms with Gasteiger partial charge in [0, 0.05) is 12.5 Å². The second kappa shape index (κ2) is 6.34. The van der Waals surface area contributed by atoms with E-state index >= 15 is 0 Å². The molecule has 1 aromatic rings. The quantitative estimate of drug-likeness (QED) is 0.867. The summed E-state index contributed by atoms with van der Waals surface area (Å²) in [6.45, 7) is 6.15. The number of hydrogen-bond acceptors (Lipinski definition) is 4. The number of nitrogens with zero attached hydrogens (tertiary/aromatic N) is 2. The minimum Gasteiger partial charge on any atom is -0.467 e. The van der Waals surface area contributed by atoms with Gasteiger partial charge < -0.3 is 10.1 Å². The van der Waals surface area contributed by atoms with Gasteiger partial charge in [-0.3, -0.25) is 9.48 Å². The van der Waals surface area contributed by atoms with E-state index < -0.39 is 5.54 Å². The smallest absolute Gasteiger partial charge is 0.331 e. The SMILES string of the molecule is COC(=O)C1(NC(=O)c2cc(C(C)(C)C)nn2C)CCCCC1. The van der Waals surface area contributed by atoms with Crippen molar-refractivity contribution < 1.29 is 14.3 Å². The van der Waals surface area contributed by atoms with Crippen LogP contribution in [-0.2, 0) is 22.0 Å². The van der Waals surface area contributed by atoms with Gasteiger partial charge in [0.1, 0.15) is 11.2 Å². The molecule has 0 radical (unpaired) electrons. The second-order valence-electron chi connectivity index (χ2n) is 7.38. The van der Waals surface area contributed by atoms with Gasteiger partial charge in [-0.15, -0.1) is 0 Å². The van der Waals surface area contributed by atoms with Gasteiger partial charge in [-0.1, -0.05) is 40.0 Å². The molecule has 23 heavy (non-hydrogen) atoms. The summed E-state index contributed by atoms with van der Waals surface area (Å²) >= 11 is 0. The zero-order valence-electron chi connectivity index (χ0n) is 14.7. The van der Waals surface area contributed by atoms with E-state index in [0.717, 1.165) is 25.0 Å². The third kappa shape index (κ3) is 3.57. The maximum atomic E-state index is 12.7. The molecule has 128 valence electrons. The van der Waals surface area contributed by atoms with Gasteiger partial charge in [0.05, 0.1) is 12.8 Å². The molecule has 1 aromatic heterocycles. The molecule has 1 N–H and O–H groups in total. The van der Waals surface area contributed by atoms with Crippen LogP contribution in [0.5, 0.6) is 0 Å². The largest absolute Gasteiger partial charge is 0.467 e. The monoisotopic (exact) mass is 321 g/mol. The molecule has 1 aliphatic carbocycles. The molecule has 1 fully saturated rings. The highest BCUT2D eigenvalue weighted by molar-refractivity contribution is 5.97. The predicted molar refractivity (Wildman–Crippen MR) is 87.2 cm³/mol. The van der Waals surface area contributed by atoms with Crippen LogP contribution in [0.25, 0.3) is 0 Å². The molecule has 0 saturated heterocycles. The van der Waals surface area contributed by atoms with Crippen LogP contribution in [0.3, 0.4) is 0 Å². The Morgan fingerprint density at radius 2 is 1.87 bits per heavy atom. The van der Waals surface area contributed by atoms with Crippen molar-refractivity contribution in [1.29, 1.82) is 0 Å². The Bertz CT molecular complexity index is 593. The van der Waals surface area contributed by atoms with Crippen molar-refractivity contribution in [2.24, 2.45) is 7.05 Å². The van der Waals surface area contributed by atoms with Gasteiger partial charge >= 0.3 is 5.97 Å². The molecule has 0 aliphatic heterocycles. The standard InChI is InChI=1S/C17H27N3O3/c1-16(2,3)13-11-12(20(4)19-13)14(21)18-17(15(22)23-5)9-7-6-8-10-17/h11H,6-10H2,1-5H3,(H,18,21). The van der Waals surface area contributed by atoms with Crippen LogP contribution < -0.4 is 5.32 Å². The lowest BCUT2D eigenvalue weighted by Crippen LogP contribution is -2.56. The number of aromatic nitrogens is 2. The first-order chi connectivity index (χ1) is 10.7. The highest BCUT2D eigenvalue weighted by atomic mass is 16.5. The normalized spacial score (nSPS) is 17.6. The fraction of sp³-hybridized carbons (Fsp3) is 0.706. The highest BCUT2D eigenvalue weighted by Gasteiger charge is 2.42.